The molecule has 0 atom stereocenters. The van der Waals surface area contributed by atoms with Crippen LogP contribution in [-0.4, -0.2) is 30.4 Å². The summed E-state index contributed by atoms with van der Waals surface area (Å²) >= 11 is 8.70. The van der Waals surface area contributed by atoms with Crippen LogP contribution in [0.25, 0.3) is 21.4 Å². The number of rotatable bonds is 3. The topological polar surface area (TPSA) is 77.3 Å². The van der Waals surface area contributed by atoms with Gasteiger partial charge in [-0.25, -0.2) is 9.97 Å². The van der Waals surface area contributed by atoms with Crippen LogP contribution in [0.2, 0.25) is 0 Å². The first-order chi connectivity index (χ1) is 12.3. The Morgan fingerprint density at radius 2 is 1.40 bits per heavy atom. The maximum absolute atomic E-state index is 5.59. The quantitative estimate of drug-likeness (QED) is 0.488. The second kappa shape index (κ2) is 8.70. The maximum Gasteiger partial charge on any atom is 0.143 e. The molecule has 126 valence electrons. The molecule has 6 nitrogen and oxygen atoms in total. The van der Waals surface area contributed by atoms with Gasteiger partial charge in [0.1, 0.15) is 21.4 Å². The number of thiazole rings is 2. The molecule has 0 aliphatic rings. The molecule has 9 heteroatoms. The van der Waals surface area contributed by atoms with E-state index >= 15 is 0 Å². The summed E-state index contributed by atoms with van der Waals surface area (Å²) in [6.45, 7) is 1.92. The summed E-state index contributed by atoms with van der Waals surface area (Å²) in [6.07, 6.45) is 3.51. The van der Waals surface area contributed by atoms with Gasteiger partial charge in [0.05, 0.1) is 17.3 Å². The number of halogens is 1. The van der Waals surface area contributed by atoms with Crippen LogP contribution in [-0.2, 0) is 5.88 Å². The molecule has 4 aromatic heterocycles. The third-order valence-corrected chi connectivity index (χ3v) is 4.82. The van der Waals surface area contributed by atoms with Crippen LogP contribution in [0.3, 0.4) is 0 Å². The summed E-state index contributed by atoms with van der Waals surface area (Å²) in [5.41, 5.74) is 3.34. The Labute approximate surface area is 157 Å². The van der Waals surface area contributed by atoms with Crippen molar-refractivity contribution in [1.29, 1.82) is 0 Å². The Balaban J connectivity index is 0.000000146. The zero-order chi connectivity index (χ0) is 17.5. The first-order valence-electron chi connectivity index (χ1n) is 7.25. The van der Waals surface area contributed by atoms with E-state index in [1.165, 1.54) is 0 Å². The third-order valence-electron chi connectivity index (χ3n) is 2.96. The summed E-state index contributed by atoms with van der Waals surface area (Å²) in [7, 11) is 0. The summed E-state index contributed by atoms with van der Waals surface area (Å²) < 4.78 is 0. The average Bonchev–Trinajstić information content (AvgIpc) is 3.37. The van der Waals surface area contributed by atoms with Gasteiger partial charge in [-0.2, -0.15) is 10.2 Å². The Kier molecular flexibility index (Phi) is 6.10. The number of aryl methyl sites for hydroxylation is 1. The molecule has 0 aliphatic carbocycles. The molecule has 0 unspecified atom stereocenters. The van der Waals surface area contributed by atoms with Gasteiger partial charge >= 0.3 is 0 Å². The monoisotopic (exact) mass is 388 g/mol. The standard InChI is InChI=1S/C8H6ClN3S.C8H7N3S/c9-5-6-1-2-7(12-11-6)8-10-3-4-13-8;1-6-2-3-7(11-10-6)8-9-4-5-12-8/h1-4H,5H2;2-5H,1H3. The molecular weight excluding hydrogens is 376 g/mol. The van der Waals surface area contributed by atoms with Gasteiger partial charge in [-0.05, 0) is 31.2 Å². The highest BCUT2D eigenvalue weighted by Crippen LogP contribution is 2.19. The molecule has 0 spiro atoms. The van der Waals surface area contributed by atoms with Crippen molar-refractivity contribution in [3.8, 4) is 21.4 Å². The van der Waals surface area contributed by atoms with Crippen molar-refractivity contribution in [3.05, 3.63) is 58.8 Å². The van der Waals surface area contributed by atoms with E-state index in [4.69, 9.17) is 11.6 Å². The van der Waals surface area contributed by atoms with Crippen LogP contribution in [0.5, 0.6) is 0 Å². The van der Waals surface area contributed by atoms with E-state index in [1.54, 1.807) is 35.1 Å². The molecule has 0 amide bonds. The zero-order valence-electron chi connectivity index (χ0n) is 13.2. The predicted molar refractivity (Wildman–Crippen MR) is 101 cm³/mol. The molecule has 0 radical (unpaired) electrons. The molecule has 4 rings (SSSR count). The highest BCUT2D eigenvalue weighted by atomic mass is 35.5. The number of aromatic nitrogens is 6. The fraction of sp³-hybridized carbons (Fsp3) is 0.125. The molecule has 0 aliphatic heterocycles. The number of nitrogens with zero attached hydrogens (tertiary/aromatic N) is 6. The second-order valence-corrected chi connectivity index (χ2v) is 6.83. The van der Waals surface area contributed by atoms with Gasteiger partial charge in [0.25, 0.3) is 0 Å². The van der Waals surface area contributed by atoms with Gasteiger partial charge in [0.2, 0.25) is 0 Å². The van der Waals surface area contributed by atoms with Crippen molar-refractivity contribution in [3.63, 3.8) is 0 Å². The molecule has 0 saturated heterocycles. The fourth-order valence-corrected chi connectivity index (χ4v) is 3.10. The van der Waals surface area contributed by atoms with Crippen LogP contribution in [0.15, 0.2) is 47.4 Å². The molecule has 0 fully saturated rings. The number of hydrogen-bond donors (Lipinski definition) is 0. The lowest BCUT2D eigenvalue weighted by Gasteiger charge is -1.94. The molecule has 0 saturated carbocycles. The molecule has 0 aromatic carbocycles. The Hall–Kier alpha value is -2.29. The van der Waals surface area contributed by atoms with E-state index in [9.17, 15) is 0 Å². The van der Waals surface area contributed by atoms with Gasteiger partial charge in [-0.1, -0.05) is 0 Å². The normalized spacial score (nSPS) is 10.2. The number of alkyl halides is 1. The summed E-state index contributed by atoms with van der Waals surface area (Å²) in [5, 5.41) is 21.6. The smallest absolute Gasteiger partial charge is 0.143 e. The maximum atomic E-state index is 5.59. The van der Waals surface area contributed by atoms with E-state index < -0.39 is 0 Å². The Morgan fingerprint density at radius 1 is 0.800 bits per heavy atom. The van der Waals surface area contributed by atoms with Crippen molar-refractivity contribution in [2.75, 3.05) is 0 Å². The van der Waals surface area contributed by atoms with Gasteiger partial charge < -0.3 is 0 Å². The van der Waals surface area contributed by atoms with Crippen LogP contribution >= 0.6 is 34.3 Å². The average molecular weight is 389 g/mol. The first-order valence-corrected chi connectivity index (χ1v) is 9.54. The van der Waals surface area contributed by atoms with Crippen molar-refractivity contribution in [1.82, 2.24) is 30.4 Å². The Morgan fingerprint density at radius 3 is 1.80 bits per heavy atom. The van der Waals surface area contributed by atoms with E-state index in [0.717, 1.165) is 32.8 Å². The van der Waals surface area contributed by atoms with E-state index in [0.29, 0.717) is 5.88 Å². The van der Waals surface area contributed by atoms with Crippen LogP contribution < -0.4 is 0 Å². The lowest BCUT2D eigenvalue weighted by atomic mass is 10.3. The van der Waals surface area contributed by atoms with E-state index in [2.05, 4.69) is 30.4 Å². The van der Waals surface area contributed by atoms with Crippen molar-refractivity contribution >= 4 is 34.3 Å². The van der Waals surface area contributed by atoms with Gasteiger partial charge in [0.15, 0.2) is 0 Å². The summed E-state index contributed by atoms with van der Waals surface area (Å²) in [5.74, 6) is 0.394. The minimum atomic E-state index is 0.394. The Bertz CT molecular complexity index is 878. The molecule has 25 heavy (non-hydrogen) atoms. The zero-order valence-corrected chi connectivity index (χ0v) is 15.6. The van der Waals surface area contributed by atoms with E-state index in [-0.39, 0.29) is 0 Å². The summed E-state index contributed by atoms with van der Waals surface area (Å²) in [4.78, 5) is 8.26. The lowest BCUT2D eigenvalue weighted by molar-refractivity contribution is 0.973. The third kappa shape index (κ3) is 4.85. The molecule has 4 aromatic rings. The highest BCUT2D eigenvalue weighted by molar-refractivity contribution is 7.13. The highest BCUT2D eigenvalue weighted by Gasteiger charge is 2.02. The molecule has 4 heterocycles. The lowest BCUT2D eigenvalue weighted by Crippen LogP contribution is -1.90. The minimum Gasteiger partial charge on any atom is -0.243 e. The minimum absolute atomic E-state index is 0.394. The van der Waals surface area contributed by atoms with Crippen molar-refractivity contribution in [2.24, 2.45) is 0 Å². The van der Waals surface area contributed by atoms with Crippen LogP contribution in [0.4, 0.5) is 0 Å². The second-order valence-electron chi connectivity index (χ2n) is 4.78. The van der Waals surface area contributed by atoms with E-state index in [1.807, 2.05) is 41.9 Å². The van der Waals surface area contributed by atoms with Crippen molar-refractivity contribution < 1.29 is 0 Å². The first kappa shape index (κ1) is 17.5. The number of hydrogen-bond acceptors (Lipinski definition) is 8. The molecule has 0 N–H and O–H groups in total. The largest absolute Gasteiger partial charge is 0.243 e. The summed E-state index contributed by atoms with van der Waals surface area (Å²) in [6, 6.07) is 7.60. The van der Waals surface area contributed by atoms with Crippen LogP contribution in [0.1, 0.15) is 11.4 Å². The molecular formula is C16H13ClN6S2. The SMILES string of the molecule is Cc1ccc(-c2nccs2)nn1.ClCc1ccc(-c2nccs2)nn1. The predicted octanol–water partition coefficient (Wildman–Crippen LogP) is 4.25. The van der Waals surface area contributed by atoms with Gasteiger partial charge in [-0.3, -0.25) is 0 Å². The fourth-order valence-electron chi connectivity index (χ4n) is 1.76. The van der Waals surface area contributed by atoms with Crippen LogP contribution in [0, 0.1) is 6.92 Å². The van der Waals surface area contributed by atoms with Crippen molar-refractivity contribution in [2.45, 2.75) is 12.8 Å². The van der Waals surface area contributed by atoms with Gasteiger partial charge in [-0.15, -0.1) is 44.5 Å². The molecule has 0 bridgehead atoms. The van der Waals surface area contributed by atoms with Gasteiger partial charge in [0, 0.05) is 23.2 Å².